The molecule has 6 aromatic rings. The lowest BCUT2D eigenvalue weighted by atomic mass is 9.98. The highest BCUT2D eigenvalue weighted by Gasteiger charge is 2.25. The predicted molar refractivity (Wildman–Crippen MR) is 294 cm³/mol. The molecule has 0 unspecified atom stereocenters. The summed E-state index contributed by atoms with van der Waals surface area (Å²) in [6, 6.07) is 13.8. The summed E-state index contributed by atoms with van der Waals surface area (Å²) in [6.07, 6.45) is 42.6. The van der Waals surface area contributed by atoms with Crippen LogP contribution in [-0.2, 0) is 0 Å². The fourth-order valence-corrected chi connectivity index (χ4v) is 10.8. The molecule has 0 N–H and O–H groups in total. The van der Waals surface area contributed by atoms with Gasteiger partial charge < -0.3 is 23.1 Å². The van der Waals surface area contributed by atoms with Gasteiger partial charge in [0.15, 0.2) is 0 Å². The van der Waals surface area contributed by atoms with Crippen LogP contribution >= 0.6 is 0 Å². The van der Waals surface area contributed by atoms with Crippen molar-refractivity contribution < 1.29 is 13.3 Å². The van der Waals surface area contributed by atoms with Gasteiger partial charge in [-0.15, -0.1) is 0 Å². The van der Waals surface area contributed by atoms with Crippen molar-refractivity contribution in [3.05, 3.63) is 41.8 Å². The van der Waals surface area contributed by atoms with Crippen molar-refractivity contribution in [2.45, 2.75) is 233 Å². The molecule has 6 nitrogen and oxygen atoms in total. The number of rotatable bonds is 38. The molecule has 6 heteroatoms. The van der Waals surface area contributed by atoms with Crippen molar-refractivity contribution in [1.29, 1.82) is 0 Å². The molecule has 0 fully saturated rings. The minimum absolute atomic E-state index is 0.873. The first kappa shape index (κ1) is 52.7. The third-order valence-electron chi connectivity index (χ3n) is 14.9. The number of unbranched alkanes of at least 4 members (excludes halogenated alkanes) is 28. The first-order valence-electron chi connectivity index (χ1n) is 28.6. The van der Waals surface area contributed by atoms with Crippen LogP contribution in [0.15, 0.2) is 49.6 Å². The molecule has 0 aliphatic rings. The van der Waals surface area contributed by atoms with E-state index < -0.39 is 0 Å². The Bertz CT molecular complexity index is 2150. The van der Waals surface area contributed by atoms with E-state index in [9.17, 15) is 0 Å². The van der Waals surface area contributed by atoms with Crippen molar-refractivity contribution >= 4 is 66.4 Å². The molecule has 3 aromatic carbocycles. The number of anilines is 2. The zero-order chi connectivity index (χ0) is 47.1. The van der Waals surface area contributed by atoms with E-state index in [0.29, 0.717) is 0 Å². The Balaban J connectivity index is 1.35. The fourth-order valence-electron chi connectivity index (χ4n) is 10.8. The molecule has 0 radical (unpaired) electrons. The quantitative estimate of drug-likeness (QED) is 0.0168. The Morgan fingerprint density at radius 1 is 0.299 bits per heavy atom. The van der Waals surface area contributed by atoms with E-state index in [1.165, 1.54) is 222 Å². The highest BCUT2D eigenvalue weighted by atomic mass is 16.4. The van der Waals surface area contributed by atoms with E-state index >= 15 is 0 Å². The van der Waals surface area contributed by atoms with Crippen LogP contribution in [0, 0.1) is 0 Å². The van der Waals surface area contributed by atoms with Crippen molar-refractivity contribution in [1.82, 2.24) is 4.58 Å². The summed E-state index contributed by atoms with van der Waals surface area (Å²) in [5.74, 6) is 0. The van der Waals surface area contributed by atoms with Crippen LogP contribution in [0.1, 0.15) is 233 Å². The minimum atomic E-state index is 0.873. The lowest BCUT2D eigenvalue weighted by molar-refractivity contribution is 0.555. The van der Waals surface area contributed by atoms with E-state index in [2.05, 4.69) is 92.6 Å². The number of hydrogen-bond acceptors (Lipinski definition) is 5. The monoisotopic (exact) mass is 919 g/mol. The molecule has 0 bridgehead atoms. The maximum atomic E-state index is 7.21. The molecule has 372 valence electrons. The van der Waals surface area contributed by atoms with Gasteiger partial charge in [-0.1, -0.05) is 207 Å². The summed E-state index contributed by atoms with van der Waals surface area (Å²) >= 11 is 0. The molecule has 3 heterocycles. The minimum Gasteiger partial charge on any atom is -0.456 e. The van der Waals surface area contributed by atoms with Gasteiger partial charge in [-0.05, 0) is 25.7 Å². The predicted octanol–water partition coefficient (Wildman–Crippen LogP) is 18.9. The Hall–Kier alpha value is -3.67. The highest BCUT2D eigenvalue weighted by Crippen LogP contribution is 2.46. The third kappa shape index (κ3) is 15.7. The summed E-state index contributed by atoms with van der Waals surface area (Å²) in [5.41, 5.74) is 7.85. The lowest BCUT2D eigenvalue weighted by Gasteiger charge is -2.27. The first-order valence-corrected chi connectivity index (χ1v) is 28.6. The van der Waals surface area contributed by atoms with Crippen molar-refractivity contribution in [2.24, 2.45) is 0 Å². The van der Waals surface area contributed by atoms with Crippen LogP contribution in [0.25, 0.3) is 55.0 Å². The lowest BCUT2D eigenvalue weighted by Crippen LogP contribution is -2.26. The van der Waals surface area contributed by atoms with E-state index in [4.69, 9.17) is 13.3 Å². The maximum Gasteiger partial charge on any atom is 0.206 e. The zero-order valence-electron chi connectivity index (χ0n) is 44.0. The first-order chi connectivity index (χ1) is 33.0. The molecular formula is C61H96N3O3+. The van der Waals surface area contributed by atoms with Crippen molar-refractivity contribution in [2.75, 3.05) is 50.1 Å². The van der Waals surface area contributed by atoms with Gasteiger partial charge in [-0.2, -0.15) is 0 Å². The molecule has 0 saturated carbocycles. The Morgan fingerprint density at radius 2 is 0.522 bits per heavy atom. The summed E-state index contributed by atoms with van der Waals surface area (Å²) in [6.45, 7) is 13.5. The van der Waals surface area contributed by atoms with E-state index in [-0.39, 0.29) is 0 Å². The number of benzene rings is 3. The molecule has 0 amide bonds. The largest absolute Gasteiger partial charge is 0.456 e. The topological polar surface area (TPSA) is 48.9 Å². The third-order valence-corrected chi connectivity index (χ3v) is 14.9. The van der Waals surface area contributed by atoms with Gasteiger partial charge in [0.25, 0.3) is 0 Å². The molecule has 0 atom stereocenters. The summed E-state index contributed by atoms with van der Waals surface area (Å²) in [4.78, 5) is 5.33. The van der Waals surface area contributed by atoms with Crippen LogP contribution in [0.3, 0.4) is 0 Å². The van der Waals surface area contributed by atoms with Crippen LogP contribution < -0.4 is 19.7 Å². The number of nitrogens with zero attached hydrogens (tertiary/aromatic N) is 3. The standard InChI is InChI=1S/C61H96N3O3/c1-7-11-15-19-23-27-31-35-39-63(40-36-32-28-24-20-16-12-8-2)50-45-54-59-56(47-50)67-57-48-51(46-55-60(57)61(59)58-52(65-54)43-49(62(5)6)44-53(58)66-55)64(41-37-33-29-25-21-17-13-9-3)42-38-34-30-26-22-18-14-10-4/h43-48H,7-42H2,1-6H3/q+1. The zero-order valence-corrected chi connectivity index (χ0v) is 44.0. The van der Waals surface area contributed by atoms with E-state index in [1.807, 2.05) is 0 Å². The SMILES string of the molecule is CCCCCCCCCCN(CCCCCCCCCC)c1cc2oc3cc(N(CCCCCCCCCC)CCCCCCCCCC)cc4oc5cc(=[N+](C)C)cc6oc(c1)c2c(c34)c65. The Kier molecular flexibility index (Phi) is 23.1. The highest BCUT2D eigenvalue weighted by molar-refractivity contribution is 6.32. The Labute approximate surface area is 407 Å². The van der Waals surface area contributed by atoms with Crippen LogP contribution in [0.2, 0.25) is 0 Å². The average Bonchev–Trinajstić information content (AvgIpc) is 3.33. The van der Waals surface area contributed by atoms with Crippen LogP contribution in [0.5, 0.6) is 0 Å². The van der Waals surface area contributed by atoms with Crippen LogP contribution in [-0.4, -0.2) is 40.3 Å². The van der Waals surface area contributed by atoms with Gasteiger partial charge in [0, 0.05) is 67.2 Å². The summed E-state index contributed by atoms with van der Waals surface area (Å²) in [7, 11) is 4.22. The van der Waals surface area contributed by atoms with Gasteiger partial charge in [-0.25, -0.2) is 4.58 Å². The van der Waals surface area contributed by atoms with Gasteiger partial charge in [0.1, 0.15) is 47.6 Å². The molecule has 3 aromatic heterocycles. The van der Waals surface area contributed by atoms with Gasteiger partial charge in [0.05, 0.1) is 28.3 Å². The van der Waals surface area contributed by atoms with Gasteiger partial charge >= 0.3 is 0 Å². The molecular weight excluding hydrogens is 823 g/mol. The van der Waals surface area contributed by atoms with Gasteiger partial charge in [-0.3, -0.25) is 0 Å². The fraction of sp³-hybridized carbons (Fsp3) is 0.689. The van der Waals surface area contributed by atoms with Crippen molar-refractivity contribution in [3.63, 3.8) is 0 Å². The van der Waals surface area contributed by atoms with E-state index in [1.54, 1.807) is 0 Å². The second-order valence-corrected chi connectivity index (χ2v) is 20.9. The molecule has 67 heavy (non-hydrogen) atoms. The smallest absolute Gasteiger partial charge is 0.206 e. The second-order valence-electron chi connectivity index (χ2n) is 20.9. The molecule has 0 aliphatic carbocycles. The number of hydrogen-bond donors (Lipinski definition) is 0. The Morgan fingerprint density at radius 3 is 0.761 bits per heavy atom. The molecule has 0 saturated heterocycles. The van der Waals surface area contributed by atoms with E-state index in [0.717, 1.165) is 81.2 Å². The molecule has 6 rings (SSSR count). The van der Waals surface area contributed by atoms with Crippen LogP contribution in [0.4, 0.5) is 11.4 Å². The molecule has 0 spiro atoms. The second kappa shape index (κ2) is 29.4. The maximum absolute atomic E-state index is 7.21. The van der Waals surface area contributed by atoms with Gasteiger partial charge in [0.2, 0.25) is 5.36 Å². The summed E-state index contributed by atoms with van der Waals surface area (Å²) < 4.78 is 23.4. The van der Waals surface area contributed by atoms with Crippen molar-refractivity contribution in [3.8, 4) is 0 Å². The average molecular weight is 919 g/mol. The molecule has 0 aliphatic heterocycles. The normalized spacial score (nSPS) is 12.1. The summed E-state index contributed by atoms with van der Waals surface area (Å²) in [5, 5.41) is 5.50.